The van der Waals surface area contributed by atoms with Gasteiger partial charge in [0.15, 0.2) is 5.65 Å². The van der Waals surface area contributed by atoms with Gasteiger partial charge in [0, 0.05) is 24.2 Å². The Bertz CT molecular complexity index is 633. The molecule has 0 aliphatic carbocycles. The first-order chi connectivity index (χ1) is 7.84. The lowest BCUT2D eigenvalue weighted by atomic mass is 10.2. The van der Waals surface area contributed by atoms with E-state index in [1.165, 1.54) is 0 Å². The molecule has 0 saturated carbocycles. The van der Waals surface area contributed by atoms with Crippen molar-refractivity contribution in [1.82, 2.24) is 19.4 Å². The number of halogens is 1. The van der Waals surface area contributed by atoms with Gasteiger partial charge in [0.05, 0.1) is 18.1 Å². The van der Waals surface area contributed by atoms with Crippen molar-refractivity contribution in [2.45, 2.75) is 0 Å². The predicted octanol–water partition coefficient (Wildman–Crippen LogP) is 2.44. The maximum atomic E-state index is 5.86. The summed E-state index contributed by atoms with van der Waals surface area (Å²) in [5, 5.41) is 0.440. The number of rotatable bonds is 1. The van der Waals surface area contributed by atoms with Crippen LogP contribution in [-0.2, 0) is 0 Å². The summed E-state index contributed by atoms with van der Waals surface area (Å²) in [6.07, 6.45) is 8.69. The van der Waals surface area contributed by atoms with Crippen LogP contribution in [0.25, 0.3) is 16.9 Å². The summed E-state index contributed by atoms with van der Waals surface area (Å²) in [6.45, 7) is 0. The SMILES string of the molecule is Clc1cn2c(-c3cccnc3)cnc2cn1. The molecule has 3 rings (SSSR count). The molecule has 0 unspecified atom stereocenters. The highest BCUT2D eigenvalue weighted by Gasteiger charge is 2.06. The zero-order valence-corrected chi connectivity index (χ0v) is 8.96. The first-order valence-corrected chi connectivity index (χ1v) is 5.11. The predicted molar refractivity (Wildman–Crippen MR) is 61.2 cm³/mol. The van der Waals surface area contributed by atoms with Crippen LogP contribution in [0.4, 0.5) is 0 Å². The standard InChI is InChI=1S/C11H7ClN4/c12-10-7-16-9(5-15-11(16)6-14-10)8-2-1-3-13-4-8/h1-7H. The Morgan fingerprint density at radius 2 is 2.06 bits per heavy atom. The zero-order chi connectivity index (χ0) is 11.0. The molecule has 0 fully saturated rings. The Morgan fingerprint density at radius 3 is 2.88 bits per heavy atom. The molecule has 3 aromatic rings. The third-order valence-corrected chi connectivity index (χ3v) is 2.52. The van der Waals surface area contributed by atoms with Gasteiger partial charge in [0.25, 0.3) is 0 Å². The number of imidazole rings is 1. The monoisotopic (exact) mass is 230 g/mol. The molecule has 5 heteroatoms. The lowest BCUT2D eigenvalue weighted by Gasteiger charge is -2.00. The molecule has 0 aliphatic heterocycles. The van der Waals surface area contributed by atoms with Gasteiger partial charge in [0.1, 0.15) is 5.15 Å². The summed E-state index contributed by atoms with van der Waals surface area (Å²) in [7, 11) is 0. The van der Waals surface area contributed by atoms with E-state index in [0.29, 0.717) is 5.15 Å². The van der Waals surface area contributed by atoms with Crippen LogP contribution >= 0.6 is 11.6 Å². The molecule has 0 amide bonds. The number of fused-ring (bicyclic) bond motifs is 1. The van der Waals surface area contributed by atoms with Gasteiger partial charge in [-0.25, -0.2) is 9.97 Å². The summed E-state index contributed by atoms with van der Waals surface area (Å²) in [4.78, 5) is 12.3. The van der Waals surface area contributed by atoms with Crippen LogP contribution in [0, 0.1) is 0 Å². The number of pyridine rings is 1. The minimum Gasteiger partial charge on any atom is -0.295 e. The molecule has 3 heterocycles. The van der Waals surface area contributed by atoms with Crippen LogP contribution < -0.4 is 0 Å². The quantitative estimate of drug-likeness (QED) is 0.645. The number of hydrogen-bond donors (Lipinski definition) is 0. The normalized spacial score (nSPS) is 10.8. The maximum Gasteiger partial charge on any atom is 0.155 e. The molecular formula is C11H7ClN4. The van der Waals surface area contributed by atoms with Crippen molar-refractivity contribution >= 4 is 17.2 Å². The number of aromatic nitrogens is 4. The second-order valence-electron chi connectivity index (χ2n) is 3.32. The highest BCUT2D eigenvalue weighted by molar-refractivity contribution is 6.29. The van der Waals surface area contributed by atoms with Crippen LogP contribution in [0.15, 0.2) is 43.1 Å². The first kappa shape index (κ1) is 9.30. The molecule has 0 spiro atoms. The molecule has 0 radical (unpaired) electrons. The van der Waals surface area contributed by atoms with Gasteiger partial charge in [-0.05, 0) is 12.1 Å². The van der Waals surface area contributed by atoms with Crippen LogP contribution in [0.3, 0.4) is 0 Å². The van der Waals surface area contributed by atoms with Crippen molar-refractivity contribution in [3.63, 3.8) is 0 Å². The summed E-state index contributed by atoms with van der Waals surface area (Å²) in [6, 6.07) is 3.86. The van der Waals surface area contributed by atoms with E-state index in [-0.39, 0.29) is 0 Å². The largest absolute Gasteiger partial charge is 0.295 e. The number of nitrogens with zero attached hydrogens (tertiary/aromatic N) is 4. The van der Waals surface area contributed by atoms with Gasteiger partial charge in [0.2, 0.25) is 0 Å². The fourth-order valence-electron chi connectivity index (χ4n) is 1.59. The van der Waals surface area contributed by atoms with Gasteiger partial charge in [-0.3, -0.25) is 9.38 Å². The minimum atomic E-state index is 0.440. The summed E-state index contributed by atoms with van der Waals surface area (Å²) < 4.78 is 1.90. The van der Waals surface area contributed by atoms with Crippen LogP contribution in [0.1, 0.15) is 0 Å². The fraction of sp³-hybridized carbons (Fsp3) is 0. The molecule has 0 aromatic carbocycles. The van der Waals surface area contributed by atoms with E-state index in [2.05, 4.69) is 15.0 Å². The second kappa shape index (κ2) is 3.57. The average molecular weight is 231 g/mol. The second-order valence-corrected chi connectivity index (χ2v) is 3.71. The Labute approximate surface area is 96.6 Å². The van der Waals surface area contributed by atoms with Gasteiger partial charge in [-0.15, -0.1) is 0 Å². The highest BCUT2D eigenvalue weighted by atomic mass is 35.5. The molecule has 4 nitrogen and oxygen atoms in total. The maximum absolute atomic E-state index is 5.86. The zero-order valence-electron chi connectivity index (χ0n) is 8.21. The first-order valence-electron chi connectivity index (χ1n) is 4.73. The third kappa shape index (κ3) is 1.44. The van der Waals surface area contributed by atoms with Gasteiger partial charge in [-0.2, -0.15) is 0 Å². The van der Waals surface area contributed by atoms with Crippen molar-refractivity contribution in [1.29, 1.82) is 0 Å². The molecule has 0 N–H and O–H groups in total. The summed E-state index contributed by atoms with van der Waals surface area (Å²) in [5.74, 6) is 0. The van der Waals surface area contributed by atoms with E-state index in [0.717, 1.165) is 16.9 Å². The molecule has 0 aliphatic rings. The highest BCUT2D eigenvalue weighted by Crippen LogP contribution is 2.20. The Morgan fingerprint density at radius 1 is 1.12 bits per heavy atom. The lowest BCUT2D eigenvalue weighted by molar-refractivity contribution is 1.13. The summed E-state index contributed by atoms with van der Waals surface area (Å²) >= 11 is 5.86. The summed E-state index contributed by atoms with van der Waals surface area (Å²) in [5.41, 5.74) is 2.72. The van der Waals surface area contributed by atoms with E-state index in [4.69, 9.17) is 11.6 Å². The Balaban J connectivity index is 2.29. The Kier molecular flexibility index (Phi) is 2.08. The van der Waals surface area contributed by atoms with E-state index in [1.807, 2.05) is 16.5 Å². The minimum absolute atomic E-state index is 0.440. The molecular weight excluding hydrogens is 224 g/mol. The number of hydrogen-bond acceptors (Lipinski definition) is 3. The van der Waals surface area contributed by atoms with Gasteiger partial charge in [-0.1, -0.05) is 11.6 Å². The van der Waals surface area contributed by atoms with E-state index in [9.17, 15) is 0 Å². The van der Waals surface area contributed by atoms with E-state index < -0.39 is 0 Å². The van der Waals surface area contributed by atoms with Crippen molar-refractivity contribution < 1.29 is 0 Å². The molecule has 0 bridgehead atoms. The van der Waals surface area contributed by atoms with Crippen molar-refractivity contribution in [2.24, 2.45) is 0 Å². The van der Waals surface area contributed by atoms with E-state index in [1.54, 1.807) is 31.0 Å². The van der Waals surface area contributed by atoms with Gasteiger partial charge < -0.3 is 0 Å². The molecule has 0 atom stereocenters. The molecule has 0 saturated heterocycles. The van der Waals surface area contributed by atoms with Crippen molar-refractivity contribution in [2.75, 3.05) is 0 Å². The topological polar surface area (TPSA) is 43.1 Å². The smallest absolute Gasteiger partial charge is 0.155 e. The molecule has 3 aromatic heterocycles. The molecule has 78 valence electrons. The van der Waals surface area contributed by atoms with Crippen LogP contribution in [-0.4, -0.2) is 19.4 Å². The van der Waals surface area contributed by atoms with Crippen LogP contribution in [0.5, 0.6) is 0 Å². The average Bonchev–Trinajstić information content (AvgIpc) is 2.73. The lowest BCUT2D eigenvalue weighted by Crippen LogP contribution is -1.90. The van der Waals surface area contributed by atoms with Crippen molar-refractivity contribution in [3.05, 3.63) is 48.3 Å². The van der Waals surface area contributed by atoms with Crippen molar-refractivity contribution in [3.8, 4) is 11.3 Å². The van der Waals surface area contributed by atoms with E-state index >= 15 is 0 Å². The van der Waals surface area contributed by atoms with Gasteiger partial charge >= 0.3 is 0 Å². The fourth-order valence-corrected chi connectivity index (χ4v) is 1.74. The molecule has 16 heavy (non-hydrogen) atoms. The third-order valence-electron chi connectivity index (χ3n) is 2.32. The Hall–Kier alpha value is -1.94. The van der Waals surface area contributed by atoms with Crippen LogP contribution in [0.2, 0.25) is 5.15 Å².